The zero-order valence-corrected chi connectivity index (χ0v) is 30.6. The fourth-order valence-electron chi connectivity index (χ4n) is 5.33. The van der Waals surface area contributed by atoms with Crippen molar-refractivity contribution in [1.29, 1.82) is 0 Å². The third-order valence-electron chi connectivity index (χ3n) is 7.94. The molecule has 1 heterocycles. The van der Waals surface area contributed by atoms with Gasteiger partial charge in [0.05, 0.1) is 4.90 Å². The van der Waals surface area contributed by atoms with Gasteiger partial charge in [0.1, 0.15) is 6.04 Å². The van der Waals surface area contributed by atoms with Crippen LogP contribution in [0.2, 0.25) is 0 Å². The molecule has 0 saturated heterocycles. The lowest BCUT2D eigenvalue weighted by Gasteiger charge is -2.18. The van der Waals surface area contributed by atoms with Crippen LogP contribution in [-0.4, -0.2) is 73.6 Å². The molecule has 0 aromatic heterocycles. The molecular formula is C35H50N2O7S3. The standard InChI is InChI=1S/C18H28O3S.C17H22N2O4S2/c1-3-4-5-6-7-8-11-22(19)15(2)12-16-9-10-17-18(13-16)21-14-20-17;1-19(2)15-8-4-7-13-12(15)6-5-9-16(13)25(22,23)18-14(17(20)21)10-11-24-3/h9-10,13,15H,3-8,11-12,14H2,1-2H3;4-9,14,18H,10-11H2,1-3H3,(H,20,21). The molecule has 3 atom stereocenters. The van der Waals surface area contributed by atoms with Crippen LogP contribution in [0.4, 0.5) is 5.69 Å². The van der Waals surface area contributed by atoms with Crippen LogP contribution in [0.15, 0.2) is 59.5 Å². The number of nitrogens with zero attached hydrogens (tertiary/aromatic N) is 1. The summed E-state index contributed by atoms with van der Waals surface area (Å²) in [5, 5.41) is 10.9. The number of aliphatic carboxylic acids is 1. The highest BCUT2D eigenvalue weighted by Crippen LogP contribution is 2.33. The van der Waals surface area contributed by atoms with Crippen molar-refractivity contribution in [3.8, 4) is 11.5 Å². The number of benzene rings is 3. The molecule has 0 radical (unpaired) electrons. The average Bonchev–Trinajstić information content (AvgIpc) is 3.52. The number of sulfonamides is 1. The Labute approximate surface area is 287 Å². The largest absolute Gasteiger partial charge is 0.480 e. The first kappa shape index (κ1) is 38.6. The third-order valence-corrected chi connectivity index (χ3v) is 11.9. The lowest BCUT2D eigenvalue weighted by atomic mass is 10.1. The Kier molecular flexibility index (Phi) is 15.8. The van der Waals surface area contributed by atoms with E-state index in [0.29, 0.717) is 17.9 Å². The Bertz CT molecular complexity index is 1580. The van der Waals surface area contributed by atoms with E-state index >= 15 is 0 Å². The minimum absolute atomic E-state index is 0.0871. The smallest absolute Gasteiger partial charge is 0.321 e. The Morgan fingerprint density at radius 3 is 2.38 bits per heavy atom. The Morgan fingerprint density at radius 2 is 1.68 bits per heavy atom. The molecule has 12 heteroatoms. The van der Waals surface area contributed by atoms with Crippen molar-refractivity contribution < 1.29 is 32.0 Å². The van der Waals surface area contributed by atoms with Crippen LogP contribution in [-0.2, 0) is 32.0 Å². The SMILES string of the molecule is CCCCCCCCS(=O)C(C)Cc1ccc2c(c1)OCO2.CSCCC(NS(=O)(=O)c1cccc2c(N(C)C)cccc12)C(=O)O. The Hall–Kier alpha value is -2.80. The maximum absolute atomic E-state index is 12.8. The summed E-state index contributed by atoms with van der Waals surface area (Å²) < 4.78 is 51.0. The molecule has 3 unspecified atom stereocenters. The lowest BCUT2D eigenvalue weighted by molar-refractivity contribution is -0.139. The molecule has 0 bridgehead atoms. The summed E-state index contributed by atoms with van der Waals surface area (Å²) in [4.78, 5) is 13.4. The van der Waals surface area contributed by atoms with Crippen LogP contribution in [0.1, 0.15) is 64.4 Å². The molecular weight excluding hydrogens is 657 g/mol. The van der Waals surface area contributed by atoms with Gasteiger partial charge >= 0.3 is 5.97 Å². The van der Waals surface area contributed by atoms with E-state index in [9.17, 15) is 22.5 Å². The predicted octanol–water partition coefficient (Wildman–Crippen LogP) is 6.85. The highest BCUT2D eigenvalue weighted by molar-refractivity contribution is 7.98. The van der Waals surface area contributed by atoms with E-state index in [-0.39, 0.29) is 16.6 Å². The lowest BCUT2D eigenvalue weighted by Crippen LogP contribution is -2.41. The minimum Gasteiger partial charge on any atom is -0.480 e. The second-order valence-corrected chi connectivity index (χ2v) is 16.5. The van der Waals surface area contributed by atoms with E-state index < -0.39 is 32.8 Å². The number of ether oxygens (including phenoxy) is 2. The average molecular weight is 707 g/mol. The van der Waals surface area contributed by atoms with E-state index in [2.05, 4.69) is 18.6 Å². The number of anilines is 1. The number of fused-ring (bicyclic) bond motifs is 2. The molecule has 0 saturated carbocycles. The monoisotopic (exact) mass is 706 g/mol. The molecule has 0 amide bonds. The maximum atomic E-state index is 12.8. The topological polar surface area (TPSA) is 122 Å². The number of rotatable bonds is 18. The number of carboxylic acids is 1. The molecule has 0 spiro atoms. The maximum Gasteiger partial charge on any atom is 0.321 e. The molecule has 1 aliphatic heterocycles. The van der Waals surface area contributed by atoms with Crippen molar-refractivity contribution in [1.82, 2.24) is 4.72 Å². The molecule has 2 N–H and O–H groups in total. The van der Waals surface area contributed by atoms with Crippen molar-refractivity contribution in [2.24, 2.45) is 0 Å². The fourth-order valence-corrected chi connectivity index (χ4v) is 8.51. The summed E-state index contributed by atoms with van der Waals surface area (Å²) in [5.41, 5.74) is 2.07. The number of nitrogens with one attached hydrogen (secondary N) is 1. The highest BCUT2D eigenvalue weighted by Gasteiger charge is 2.26. The molecule has 3 aromatic carbocycles. The van der Waals surface area contributed by atoms with Gasteiger partial charge in [0.2, 0.25) is 16.8 Å². The van der Waals surface area contributed by atoms with Crippen molar-refractivity contribution in [2.45, 2.75) is 81.4 Å². The minimum atomic E-state index is -3.96. The van der Waals surface area contributed by atoms with Gasteiger partial charge in [-0.25, -0.2) is 8.42 Å². The summed E-state index contributed by atoms with van der Waals surface area (Å²) in [6.07, 6.45) is 10.4. The van der Waals surface area contributed by atoms with E-state index in [1.165, 1.54) is 55.5 Å². The Morgan fingerprint density at radius 1 is 1.00 bits per heavy atom. The second-order valence-electron chi connectivity index (χ2n) is 11.9. The van der Waals surface area contributed by atoms with Gasteiger partial charge in [0, 0.05) is 52.4 Å². The predicted molar refractivity (Wildman–Crippen MR) is 195 cm³/mol. The quantitative estimate of drug-likeness (QED) is 0.137. The molecule has 3 aromatic rings. The number of hydrogen-bond acceptors (Lipinski definition) is 8. The molecule has 260 valence electrons. The normalized spacial score (nSPS) is 14.2. The fraction of sp³-hybridized carbons (Fsp3) is 0.514. The van der Waals surface area contributed by atoms with Gasteiger partial charge in [0.25, 0.3) is 0 Å². The first-order valence-electron chi connectivity index (χ1n) is 16.2. The van der Waals surface area contributed by atoms with Gasteiger partial charge in [-0.05, 0) is 61.1 Å². The summed E-state index contributed by atoms with van der Waals surface area (Å²) in [7, 11) is -0.933. The van der Waals surface area contributed by atoms with Crippen molar-refractivity contribution >= 4 is 55.0 Å². The Balaban J connectivity index is 0.000000257. The van der Waals surface area contributed by atoms with Crippen LogP contribution >= 0.6 is 11.8 Å². The van der Waals surface area contributed by atoms with E-state index in [0.717, 1.165) is 41.2 Å². The number of hydrogen-bond donors (Lipinski definition) is 2. The zero-order chi connectivity index (χ0) is 34.4. The van der Waals surface area contributed by atoms with Gasteiger partial charge in [-0.15, -0.1) is 0 Å². The van der Waals surface area contributed by atoms with Gasteiger partial charge in [-0.2, -0.15) is 16.5 Å². The summed E-state index contributed by atoms with van der Waals surface area (Å²) in [6, 6.07) is 15.3. The van der Waals surface area contributed by atoms with Crippen LogP contribution in [0.5, 0.6) is 11.5 Å². The number of carbonyl (C=O) groups is 1. The second kappa shape index (κ2) is 19.3. The van der Waals surface area contributed by atoms with Gasteiger partial charge in [0.15, 0.2) is 11.5 Å². The summed E-state index contributed by atoms with van der Waals surface area (Å²) in [5.74, 6) is 1.83. The molecule has 4 rings (SSSR count). The van der Waals surface area contributed by atoms with Crippen LogP contribution in [0.25, 0.3) is 10.8 Å². The molecule has 9 nitrogen and oxygen atoms in total. The number of thioether (sulfide) groups is 1. The van der Waals surface area contributed by atoms with Gasteiger partial charge in [-0.1, -0.05) is 76.3 Å². The third kappa shape index (κ3) is 11.7. The van der Waals surface area contributed by atoms with Crippen molar-refractivity contribution in [3.63, 3.8) is 0 Å². The number of unbranched alkanes of at least 4 members (excludes halogenated alkanes) is 5. The first-order valence-corrected chi connectivity index (χ1v) is 20.4. The zero-order valence-electron chi connectivity index (χ0n) is 28.2. The molecule has 0 aliphatic carbocycles. The molecule has 47 heavy (non-hydrogen) atoms. The first-order chi connectivity index (χ1) is 22.5. The molecule has 1 aliphatic rings. The summed E-state index contributed by atoms with van der Waals surface area (Å²) >= 11 is 1.47. The number of carboxylic acid groups (broad SMARTS) is 1. The van der Waals surface area contributed by atoms with E-state index in [4.69, 9.17) is 9.47 Å². The summed E-state index contributed by atoms with van der Waals surface area (Å²) in [6.45, 7) is 4.61. The van der Waals surface area contributed by atoms with Gasteiger partial charge in [-0.3, -0.25) is 9.00 Å². The van der Waals surface area contributed by atoms with Crippen LogP contribution in [0.3, 0.4) is 0 Å². The van der Waals surface area contributed by atoms with Crippen LogP contribution in [0, 0.1) is 0 Å². The van der Waals surface area contributed by atoms with E-state index in [1.807, 2.05) is 55.6 Å². The van der Waals surface area contributed by atoms with Crippen molar-refractivity contribution in [3.05, 3.63) is 60.2 Å². The van der Waals surface area contributed by atoms with Gasteiger partial charge < -0.3 is 19.5 Å². The van der Waals surface area contributed by atoms with Crippen molar-refractivity contribution in [2.75, 3.05) is 43.5 Å². The van der Waals surface area contributed by atoms with E-state index in [1.54, 1.807) is 18.2 Å². The molecule has 0 fully saturated rings. The highest BCUT2D eigenvalue weighted by atomic mass is 32.2. The van der Waals surface area contributed by atoms with Crippen LogP contribution < -0.4 is 19.1 Å².